The van der Waals surface area contributed by atoms with Crippen molar-refractivity contribution in [2.45, 2.75) is 24.3 Å². The van der Waals surface area contributed by atoms with Crippen molar-refractivity contribution in [2.75, 3.05) is 12.4 Å². The molecule has 0 spiro atoms. The molecule has 0 saturated heterocycles. The molecule has 0 bridgehead atoms. The third-order valence-electron chi connectivity index (χ3n) is 4.76. The Hall–Kier alpha value is -2.58. The summed E-state index contributed by atoms with van der Waals surface area (Å²) in [6.07, 6.45) is 0.140. The maximum absolute atomic E-state index is 13.2. The molecule has 1 atom stereocenters. The summed E-state index contributed by atoms with van der Waals surface area (Å²) >= 11 is 12.0. The lowest BCUT2D eigenvalue weighted by Gasteiger charge is -2.20. The molecule has 0 radical (unpaired) electrons. The van der Waals surface area contributed by atoms with Gasteiger partial charge in [0.15, 0.2) is 0 Å². The summed E-state index contributed by atoms with van der Waals surface area (Å²) < 4.78 is 34.1. The van der Waals surface area contributed by atoms with Crippen LogP contribution < -0.4 is 14.8 Å². The molecule has 2 N–H and O–H groups in total. The van der Waals surface area contributed by atoms with Crippen LogP contribution in [0.1, 0.15) is 11.1 Å². The maximum atomic E-state index is 13.2. The summed E-state index contributed by atoms with van der Waals surface area (Å²) in [5.41, 5.74) is 2.09. The third-order valence-corrected chi connectivity index (χ3v) is 6.72. The molecule has 168 valence electrons. The van der Waals surface area contributed by atoms with Crippen LogP contribution in [0.3, 0.4) is 0 Å². The summed E-state index contributed by atoms with van der Waals surface area (Å²) in [5, 5.41) is 3.56. The van der Waals surface area contributed by atoms with E-state index in [0.29, 0.717) is 10.7 Å². The van der Waals surface area contributed by atoms with Crippen LogP contribution in [0.5, 0.6) is 5.75 Å². The van der Waals surface area contributed by atoms with E-state index in [1.807, 2.05) is 30.3 Å². The smallest absolute Gasteiger partial charge is 0.245 e. The Bertz CT molecular complexity index is 1220. The molecule has 0 aliphatic carbocycles. The predicted molar refractivity (Wildman–Crippen MR) is 127 cm³/mol. The zero-order valence-corrected chi connectivity index (χ0v) is 19.8. The standard InChI is InChI=1S/C23H22Cl2N2O4S/c1-15-12-17(24)8-10-19(15)26-23(28)20(13-16-6-4-3-5-7-16)27-32(29,30)22-14-18(25)9-11-21(22)31-2/h3-12,14,20,27H,13H2,1-2H3,(H,26,28). The quantitative estimate of drug-likeness (QED) is 0.471. The molecule has 0 aliphatic rings. The van der Waals surface area contributed by atoms with Gasteiger partial charge in [-0.25, -0.2) is 8.42 Å². The number of methoxy groups -OCH3 is 1. The Balaban J connectivity index is 1.93. The van der Waals surface area contributed by atoms with Gasteiger partial charge >= 0.3 is 0 Å². The highest BCUT2D eigenvalue weighted by atomic mass is 35.5. The van der Waals surface area contributed by atoms with Crippen LogP contribution in [0, 0.1) is 6.92 Å². The van der Waals surface area contributed by atoms with E-state index in [0.717, 1.165) is 11.1 Å². The van der Waals surface area contributed by atoms with Gasteiger partial charge in [-0.2, -0.15) is 4.72 Å². The first-order chi connectivity index (χ1) is 15.2. The number of benzene rings is 3. The molecule has 3 rings (SSSR count). The van der Waals surface area contributed by atoms with Gasteiger partial charge in [-0.05, 0) is 60.9 Å². The number of rotatable bonds is 8. The molecule has 0 heterocycles. The van der Waals surface area contributed by atoms with Crippen molar-refractivity contribution in [3.63, 3.8) is 0 Å². The monoisotopic (exact) mass is 492 g/mol. The number of carbonyl (C=O) groups is 1. The lowest BCUT2D eigenvalue weighted by atomic mass is 10.1. The molecule has 1 unspecified atom stereocenters. The number of sulfonamides is 1. The minimum atomic E-state index is -4.14. The maximum Gasteiger partial charge on any atom is 0.245 e. The Morgan fingerprint density at radius 1 is 1.00 bits per heavy atom. The Kier molecular flexibility index (Phi) is 7.79. The van der Waals surface area contributed by atoms with Crippen LogP contribution in [0.2, 0.25) is 10.0 Å². The second kappa shape index (κ2) is 10.4. The van der Waals surface area contributed by atoms with Gasteiger partial charge in [-0.15, -0.1) is 0 Å². The number of aryl methyl sites for hydroxylation is 1. The van der Waals surface area contributed by atoms with Crippen molar-refractivity contribution in [3.8, 4) is 5.75 Å². The first-order valence-electron chi connectivity index (χ1n) is 9.66. The summed E-state index contributed by atoms with van der Waals surface area (Å²) in [5.74, 6) is -0.391. The minimum Gasteiger partial charge on any atom is -0.495 e. The van der Waals surface area contributed by atoms with E-state index in [1.165, 1.54) is 25.3 Å². The fraction of sp³-hybridized carbons (Fsp3) is 0.174. The molecule has 32 heavy (non-hydrogen) atoms. The number of hydrogen-bond donors (Lipinski definition) is 2. The normalized spacial score (nSPS) is 12.2. The summed E-state index contributed by atoms with van der Waals surface area (Å²) in [4.78, 5) is 13.0. The Morgan fingerprint density at radius 3 is 2.31 bits per heavy atom. The van der Waals surface area contributed by atoms with Crippen LogP contribution >= 0.6 is 23.2 Å². The Labute approximate surface area is 197 Å². The molecule has 1 amide bonds. The second-order valence-electron chi connectivity index (χ2n) is 7.11. The third kappa shape index (κ3) is 6.01. The number of amides is 1. The van der Waals surface area contributed by atoms with E-state index in [4.69, 9.17) is 27.9 Å². The number of anilines is 1. The van der Waals surface area contributed by atoms with E-state index in [9.17, 15) is 13.2 Å². The van der Waals surface area contributed by atoms with Crippen molar-refractivity contribution < 1.29 is 17.9 Å². The number of ether oxygens (including phenoxy) is 1. The topological polar surface area (TPSA) is 84.5 Å². The van der Waals surface area contributed by atoms with Crippen molar-refractivity contribution in [1.82, 2.24) is 4.72 Å². The fourth-order valence-corrected chi connectivity index (χ4v) is 4.99. The molecular formula is C23H22Cl2N2O4S. The number of hydrogen-bond acceptors (Lipinski definition) is 4. The molecule has 3 aromatic carbocycles. The average molecular weight is 493 g/mol. The van der Waals surface area contributed by atoms with Crippen molar-refractivity contribution in [1.29, 1.82) is 0 Å². The fourth-order valence-electron chi connectivity index (χ4n) is 3.14. The molecule has 3 aromatic rings. The Morgan fingerprint density at radius 2 is 1.66 bits per heavy atom. The zero-order valence-electron chi connectivity index (χ0n) is 17.4. The van der Waals surface area contributed by atoms with Gasteiger partial charge in [0.05, 0.1) is 7.11 Å². The summed E-state index contributed by atoms with van der Waals surface area (Å²) in [6, 6.07) is 17.3. The van der Waals surface area contributed by atoms with E-state index in [-0.39, 0.29) is 22.1 Å². The number of halogens is 2. The van der Waals surface area contributed by atoms with E-state index >= 15 is 0 Å². The largest absolute Gasteiger partial charge is 0.495 e. The highest BCUT2D eigenvalue weighted by Gasteiger charge is 2.29. The van der Waals surface area contributed by atoms with Crippen LogP contribution in [0.4, 0.5) is 5.69 Å². The zero-order chi connectivity index (χ0) is 23.3. The number of carbonyl (C=O) groups excluding carboxylic acids is 1. The molecule has 0 saturated carbocycles. The van der Waals surface area contributed by atoms with E-state index < -0.39 is 22.0 Å². The van der Waals surface area contributed by atoms with Gasteiger partial charge in [0.1, 0.15) is 16.7 Å². The highest BCUT2D eigenvalue weighted by Crippen LogP contribution is 2.27. The van der Waals surface area contributed by atoms with Gasteiger partial charge in [0, 0.05) is 15.7 Å². The summed E-state index contributed by atoms with van der Waals surface area (Å²) in [7, 11) is -2.78. The van der Waals surface area contributed by atoms with E-state index in [2.05, 4.69) is 10.0 Å². The first-order valence-corrected chi connectivity index (χ1v) is 11.9. The molecule has 6 nitrogen and oxygen atoms in total. The highest BCUT2D eigenvalue weighted by molar-refractivity contribution is 7.89. The van der Waals surface area contributed by atoms with Crippen molar-refractivity contribution >= 4 is 44.8 Å². The van der Waals surface area contributed by atoms with Crippen molar-refractivity contribution in [3.05, 3.63) is 87.9 Å². The molecule has 0 aromatic heterocycles. The van der Waals surface area contributed by atoms with Crippen LogP contribution in [0.15, 0.2) is 71.6 Å². The van der Waals surface area contributed by atoms with Crippen LogP contribution in [0.25, 0.3) is 0 Å². The SMILES string of the molecule is COc1ccc(Cl)cc1S(=O)(=O)NC(Cc1ccccc1)C(=O)Nc1ccc(Cl)cc1C. The van der Waals surface area contributed by atoms with Crippen molar-refractivity contribution in [2.24, 2.45) is 0 Å². The second-order valence-corrected chi connectivity index (χ2v) is 9.66. The molecular weight excluding hydrogens is 471 g/mol. The predicted octanol–water partition coefficient (Wildman–Crippen LogP) is 4.84. The average Bonchev–Trinajstić information content (AvgIpc) is 2.75. The minimum absolute atomic E-state index is 0.120. The van der Waals surface area contributed by atoms with Crippen LogP contribution in [-0.2, 0) is 21.2 Å². The first kappa shape index (κ1) is 24.1. The lowest BCUT2D eigenvalue weighted by molar-refractivity contribution is -0.117. The van der Waals surface area contributed by atoms with E-state index in [1.54, 1.807) is 25.1 Å². The van der Waals surface area contributed by atoms with Crippen LogP contribution in [-0.4, -0.2) is 27.5 Å². The lowest BCUT2D eigenvalue weighted by Crippen LogP contribution is -2.45. The molecule has 0 aliphatic heterocycles. The van der Waals surface area contributed by atoms with Gasteiger partial charge in [0.2, 0.25) is 15.9 Å². The summed E-state index contributed by atoms with van der Waals surface area (Å²) in [6.45, 7) is 1.80. The van der Waals surface area contributed by atoms with Gasteiger partial charge < -0.3 is 10.1 Å². The molecule has 9 heteroatoms. The van der Waals surface area contributed by atoms with Gasteiger partial charge in [-0.3, -0.25) is 4.79 Å². The van der Waals surface area contributed by atoms with Gasteiger partial charge in [-0.1, -0.05) is 53.5 Å². The number of nitrogens with one attached hydrogen (secondary N) is 2. The van der Waals surface area contributed by atoms with Gasteiger partial charge in [0.25, 0.3) is 0 Å². The molecule has 0 fully saturated rings.